The van der Waals surface area contributed by atoms with Gasteiger partial charge in [-0.05, 0) is 169 Å². The predicted molar refractivity (Wildman–Crippen MR) is 285 cm³/mol. The molecule has 24 nitrogen and oxygen atoms in total. The predicted octanol–water partition coefficient (Wildman–Crippen LogP) is 4.48. The van der Waals surface area contributed by atoms with Crippen molar-refractivity contribution in [1.82, 2.24) is 42.5 Å². The Labute approximate surface area is 451 Å². The second kappa shape index (κ2) is 29.7. The molecule has 24 heteroatoms. The van der Waals surface area contributed by atoms with Crippen molar-refractivity contribution in [3.05, 3.63) is 47.5 Å². The Morgan fingerprint density at radius 3 is 1.51 bits per heavy atom. The van der Waals surface area contributed by atoms with Gasteiger partial charge in [-0.2, -0.15) is 0 Å². The minimum absolute atomic E-state index is 0.0141. The quantitative estimate of drug-likeness (QED) is 0.0482. The van der Waals surface area contributed by atoms with Crippen molar-refractivity contribution in [3.63, 3.8) is 0 Å². The Hall–Kier alpha value is -7.53. The molecule has 0 saturated carbocycles. The smallest absolute Gasteiger partial charge is 0.408 e. The van der Waals surface area contributed by atoms with Crippen LogP contribution in [-0.2, 0) is 49.3 Å². The molecule has 0 saturated heterocycles. The Bertz CT molecular complexity index is 2370. The maximum Gasteiger partial charge on any atom is 0.408 e. The Morgan fingerprint density at radius 1 is 0.519 bits per heavy atom. The van der Waals surface area contributed by atoms with E-state index in [1.807, 2.05) is 0 Å². The third kappa shape index (κ3) is 28.3. The van der Waals surface area contributed by atoms with E-state index in [2.05, 4.69) is 42.5 Å². The fourth-order valence-corrected chi connectivity index (χ4v) is 6.99. The zero-order chi connectivity index (χ0) is 58.5. The zero-order valence-corrected chi connectivity index (χ0v) is 46.8. The largest absolute Gasteiger partial charge is 0.508 e. The second-order valence-electron chi connectivity index (χ2n) is 22.4. The number of aromatic hydroxyl groups is 2. The van der Waals surface area contributed by atoms with Gasteiger partial charge in [-0.3, -0.25) is 24.0 Å². The molecule has 0 aromatic heterocycles. The summed E-state index contributed by atoms with van der Waals surface area (Å²) in [7, 11) is 0. The Kier molecular flexibility index (Phi) is 25.3. The number of hydrogen-bond acceptors (Lipinski definition) is 15. The summed E-state index contributed by atoms with van der Waals surface area (Å²) in [6.07, 6.45) is -3.51. The van der Waals surface area contributed by atoms with Gasteiger partial charge in [0.2, 0.25) is 29.5 Å². The van der Waals surface area contributed by atoms with Crippen LogP contribution in [0, 0.1) is 6.92 Å². The lowest BCUT2D eigenvalue weighted by Crippen LogP contribution is -2.56. The van der Waals surface area contributed by atoms with E-state index in [9.17, 15) is 53.4 Å². The van der Waals surface area contributed by atoms with Crippen LogP contribution >= 0.6 is 0 Å². The number of amides is 9. The highest BCUT2D eigenvalue weighted by atomic mass is 16.6. The van der Waals surface area contributed by atoms with Crippen molar-refractivity contribution in [2.75, 3.05) is 26.2 Å². The van der Waals surface area contributed by atoms with Crippen LogP contribution in [0.4, 0.5) is 19.2 Å². The first-order valence-electron chi connectivity index (χ1n) is 25.5. The van der Waals surface area contributed by atoms with Gasteiger partial charge in [0.15, 0.2) is 0 Å². The van der Waals surface area contributed by atoms with E-state index >= 15 is 0 Å². The number of carbonyl (C=O) groups excluding carboxylic acids is 9. The summed E-state index contributed by atoms with van der Waals surface area (Å²) in [5.41, 5.74) is 4.13. The second-order valence-corrected chi connectivity index (χ2v) is 22.4. The topological polar surface area (TPSA) is 353 Å². The Morgan fingerprint density at radius 2 is 0.987 bits per heavy atom. The lowest BCUT2D eigenvalue weighted by atomic mass is 9.97. The van der Waals surface area contributed by atoms with Gasteiger partial charge in [0, 0.05) is 38.5 Å². The van der Waals surface area contributed by atoms with Crippen LogP contribution in [0.3, 0.4) is 0 Å². The van der Waals surface area contributed by atoms with Gasteiger partial charge < -0.3 is 77.4 Å². The number of phenolic OH excluding ortho intramolecular Hbond substituents is 2. The molecule has 77 heavy (non-hydrogen) atoms. The number of nitrogens with one attached hydrogen (secondary N) is 8. The molecule has 430 valence electrons. The number of carbonyl (C=O) groups is 9. The molecule has 0 spiro atoms. The minimum atomic E-state index is -1.47. The first-order chi connectivity index (χ1) is 35.5. The molecule has 0 fully saturated rings. The maximum atomic E-state index is 14.3. The summed E-state index contributed by atoms with van der Waals surface area (Å²) < 4.78 is 21.4. The maximum absolute atomic E-state index is 14.3. The molecule has 0 aliphatic carbocycles. The Balaban J connectivity index is 2.37. The molecular formula is C53H83N9O15. The standard InChI is InChI=1S/C53H83N9O15/c1-31-26-32(18-21-39(31)63)33-19-22-40(64)34(27-33)28-38(62-49(73)77-53(11,12)13)45(69)61-36(17-15-25-56-47(71)75-51(5,6)7)43(67)58-30-42(66)60-37(20-23-41(54)65)44(68)57-29-35(59-48(72)76-52(8,9)10)16-14-24-55-46(70)74-50(2,3)4/h18-19,21-22,26-27,35-38,63-64H,14-17,20,23-25,28-30H2,1-13H3,(H2,54,65)(H,55,70)(H,56,71)(H,57,68)(H,58,67)(H,59,72)(H,60,66)(H,61,69)(H,62,73)/t35-,36-,37-,38-/m0/s1. The average molecular weight is 1090 g/mol. The van der Waals surface area contributed by atoms with Gasteiger partial charge in [0.1, 0.15) is 52.0 Å². The van der Waals surface area contributed by atoms with Crippen molar-refractivity contribution in [2.24, 2.45) is 5.73 Å². The van der Waals surface area contributed by atoms with Crippen LogP contribution in [0.2, 0.25) is 0 Å². The summed E-state index contributed by atoms with van der Waals surface area (Å²) in [4.78, 5) is 118. The average Bonchev–Trinajstić information content (AvgIpc) is 3.27. The lowest BCUT2D eigenvalue weighted by molar-refractivity contribution is -0.132. The number of benzene rings is 2. The third-order valence-electron chi connectivity index (χ3n) is 10.4. The van der Waals surface area contributed by atoms with Gasteiger partial charge in [0.05, 0.1) is 6.54 Å². The van der Waals surface area contributed by atoms with E-state index < -0.39 is 107 Å². The molecule has 2 aromatic rings. The van der Waals surface area contributed by atoms with Crippen LogP contribution in [0.15, 0.2) is 36.4 Å². The number of rotatable bonds is 25. The number of primary amides is 1. The highest BCUT2D eigenvalue weighted by Gasteiger charge is 2.31. The SMILES string of the molecule is Cc1cc(-c2ccc(O)c(C[C@H](NC(=O)OC(C)(C)C)C(=O)N[C@@H](CCCNC(=O)OC(C)(C)C)C(=O)NCC(=O)N[C@@H](CCC(N)=O)C(=O)NC[C@H](CCCNC(=O)OC(C)(C)C)NC(=O)OC(C)(C)C)c2)ccc1O. The van der Waals surface area contributed by atoms with E-state index in [0.29, 0.717) is 23.1 Å². The molecule has 0 unspecified atom stereocenters. The fourth-order valence-electron chi connectivity index (χ4n) is 6.99. The van der Waals surface area contributed by atoms with E-state index in [1.54, 1.807) is 114 Å². The van der Waals surface area contributed by atoms with Gasteiger partial charge in [-0.25, -0.2) is 19.2 Å². The monoisotopic (exact) mass is 1090 g/mol. The number of hydrogen-bond donors (Lipinski definition) is 11. The molecule has 4 atom stereocenters. The van der Waals surface area contributed by atoms with Crippen molar-refractivity contribution in [3.8, 4) is 22.6 Å². The van der Waals surface area contributed by atoms with Crippen LogP contribution in [0.1, 0.15) is 133 Å². The fraction of sp³-hybridized carbons (Fsp3) is 0.604. The van der Waals surface area contributed by atoms with E-state index in [0.717, 1.165) is 0 Å². The van der Waals surface area contributed by atoms with Gasteiger partial charge in [-0.15, -0.1) is 0 Å². The number of ether oxygens (including phenoxy) is 4. The molecule has 0 aliphatic rings. The van der Waals surface area contributed by atoms with E-state index in [-0.39, 0.29) is 75.2 Å². The zero-order valence-electron chi connectivity index (χ0n) is 46.8. The van der Waals surface area contributed by atoms with Crippen molar-refractivity contribution in [1.29, 1.82) is 0 Å². The molecule has 12 N–H and O–H groups in total. The summed E-state index contributed by atoms with van der Waals surface area (Å²) in [5.74, 6) is -4.35. The molecule has 0 bridgehead atoms. The number of phenols is 2. The lowest BCUT2D eigenvalue weighted by Gasteiger charge is -2.26. The van der Waals surface area contributed by atoms with E-state index in [1.165, 1.54) is 12.1 Å². The summed E-state index contributed by atoms with van der Waals surface area (Å²) in [6, 6.07) is 4.57. The van der Waals surface area contributed by atoms with Crippen molar-refractivity contribution < 1.29 is 72.3 Å². The number of aryl methyl sites for hydroxylation is 1. The molecule has 9 amide bonds. The summed E-state index contributed by atoms with van der Waals surface area (Å²) in [6.45, 7) is 21.0. The summed E-state index contributed by atoms with van der Waals surface area (Å²) in [5, 5.41) is 41.8. The highest BCUT2D eigenvalue weighted by Crippen LogP contribution is 2.30. The molecule has 0 radical (unpaired) electrons. The van der Waals surface area contributed by atoms with Gasteiger partial charge in [0.25, 0.3) is 0 Å². The van der Waals surface area contributed by atoms with Gasteiger partial charge >= 0.3 is 24.4 Å². The van der Waals surface area contributed by atoms with Crippen molar-refractivity contribution >= 4 is 53.9 Å². The minimum Gasteiger partial charge on any atom is -0.508 e. The third-order valence-corrected chi connectivity index (χ3v) is 10.4. The van der Waals surface area contributed by atoms with Crippen LogP contribution in [-0.4, -0.2) is 137 Å². The molecule has 2 rings (SSSR count). The molecule has 2 aromatic carbocycles. The van der Waals surface area contributed by atoms with Gasteiger partial charge in [-0.1, -0.05) is 12.1 Å². The number of alkyl carbamates (subject to hydrolysis) is 4. The first-order valence-corrected chi connectivity index (χ1v) is 25.5. The normalized spacial score (nSPS) is 13.2. The molecular weight excluding hydrogens is 1000 g/mol. The molecule has 0 aliphatic heterocycles. The van der Waals surface area contributed by atoms with Crippen LogP contribution in [0.25, 0.3) is 11.1 Å². The molecule has 0 heterocycles. The van der Waals surface area contributed by atoms with Crippen LogP contribution < -0.4 is 48.3 Å². The highest BCUT2D eigenvalue weighted by molar-refractivity contribution is 5.94. The van der Waals surface area contributed by atoms with E-state index in [4.69, 9.17) is 24.7 Å². The van der Waals surface area contributed by atoms with Crippen molar-refractivity contribution in [2.45, 2.75) is 182 Å². The first kappa shape index (κ1) is 65.6. The van der Waals surface area contributed by atoms with Crippen LogP contribution in [0.5, 0.6) is 11.5 Å². The summed E-state index contributed by atoms with van der Waals surface area (Å²) >= 11 is 0. The number of nitrogens with two attached hydrogens (primary N) is 1.